The zero-order valence-corrected chi connectivity index (χ0v) is 11.2. The Morgan fingerprint density at radius 3 is 2.95 bits per heavy atom. The van der Waals surface area contributed by atoms with E-state index in [1.165, 1.54) is 25.8 Å². The van der Waals surface area contributed by atoms with Crippen LogP contribution in [0.15, 0.2) is 22.6 Å². The van der Waals surface area contributed by atoms with Gasteiger partial charge >= 0.3 is 0 Å². The standard InChI is InChI=1S/C15H19N3O/c1-18-7-6-12(9-18)16-11-4-5-14-13(8-11)17-15(19-14)10-2-3-10/h4-5,8,10,12,16H,2-3,6-7,9H2,1H3. The van der Waals surface area contributed by atoms with Crippen LogP contribution in [0, 0.1) is 0 Å². The summed E-state index contributed by atoms with van der Waals surface area (Å²) in [5.41, 5.74) is 3.05. The number of nitrogens with zero attached hydrogens (tertiary/aromatic N) is 2. The van der Waals surface area contributed by atoms with E-state index in [0.29, 0.717) is 12.0 Å². The summed E-state index contributed by atoms with van der Waals surface area (Å²) in [6.45, 7) is 2.29. The Balaban J connectivity index is 1.56. The van der Waals surface area contributed by atoms with Crippen LogP contribution in [0.1, 0.15) is 31.1 Å². The van der Waals surface area contributed by atoms with Crippen molar-refractivity contribution in [2.24, 2.45) is 0 Å². The molecule has 4 heteroatoms. The molecular weight excluding hydrogens is 238 g/mol. The third-order valence-electron chi connectivity index (χ3n) is 4.09. The fourth-order valence-corrected chi connectivity index (χ4v) is 2.83. The van der Waals surface area contributed by atoms with Gasteiger partial charge in [-0.1, -0.05) is 0 Å². The molecule has 2 aliphatic rings. The smallest absolute Gasteiger partial charge is 0.198 e. The second-order valence-corrected chi connectivity index (χ2v) is 5.90. The first-order valence-corrected chi connectivity index (χ1v) is 7.13. The number of aromatic nitrogens is 1. The number of anilines is 1. The number of hydrogen-bond acceptors (Lipinski definition) is 4. The predicted octanol–water partition coefficient (Wildman–Crippen LogP) is 2.82. The minimum Gasteiger partial charge on any atom is -0.440 e. The van der Waals surface area contributed by atoms with Gasteiger partial charge in [0.1, 0.15) is 5.52 Å². The molecule has 1 atom stereocenters. The van der Waals surface area contributed by atoms with Crippen LogP contribution in [0.4, 0.5) is 5.69 Å². The molecule has 4 nitrogen and oxygen atoms in total. The number of nitrogens with one attached hydrogen (secondary N) is 1. The van der Waals surface area contributed by atoms with Crippen LogP contribution in [0.2, 0.25) is 0 Å². The van der Waals surface area contributed by atoms with Gasteiger partial charge in [0.05, 0.1) is 0 Å². The highest BCUT2D eigenvalue weighted by Crippen LogP contribution is 2.40. The van der Waals surface area contributed by atoms with Crippen molar-refractivity contribution in [2.75, 3.05) is 25.5 Å². The zero-order chi connectivity index (χ0) is 12.8. The molecule has 100 valence electrons. The van der Waals surface area contributed by atoms with E-state index < -0.39 is 0 Å². The fourth-order valence-electron chi connectivity index (χ4n) is 2.83. The van der Waals surface area contributed by atoms with Gasteiger partial charge in [0.15, 0.2) is 11.5 Å². The van der Waals surface area contributed by atoms with E-state index in [0.717, 1.165) is 29.2 Å². The summed E-state index contributed by atoms with van der Waals surface area (Å²) < 4.78 is 5.79. The molecule has 0 bridgehead atoms. The summed E-state index contributed by atoms with van der Waals surface area (Å²) in [5.74, 6) is 1.50. The van der Waals surface area contributed by atoms with E-state index in [1.54, 1.807) is 0 Å². The van der Waals surface area contributed by atoms with Crippen molar-refractivity contribution >= 4 is 16.8 Å². The van der Waals surface area contributed by atoms with E-state index in [1.807, 2.05) is 6.07 Å². The van der Waals surface area contributed by atoms with Crippen molar-refractivity contribution in [2.45, 2.75) is 31.2 Å². The fraction of sp³-hybridized carbons (Fsp3) is 0.533. The average molecular weight is 257 g/mol. The molecule has 1 N–H and O–H groups in total. The van der Waals surface area contributed by atoms with Gasteiger partial charge in [-0.2, -0.15) is 0 Å². The van der Waals surface area contributed by atoms with Crippen LogP contribution in [0.5, 0.6) is 0 Å². The Morgan fingerprint density at radius 2 is 2.21 bits per heavy atom. The Hall–Kier alpha value is -1.55. The SMILES string of the molecule is CN1CCC(Nc2ccc3oc(C4CC4)nc3c2)C1. The van der Waals surface area contributed by atoms with Crippen molar-refractivity contribution < 1.29 is 4.42 Å². The molecular formula is C15H19N3O. The third kappa shape index (κ3) is 2.21. The van der Waals surface area contributed by atoms with Crippen molar-refractivity contribution in [3.63, 3.8) is 0 Å². The molecule has 1 aromatic heterocycles. The van der Waals surface area contributed by atoms with Crippen LogP contribution in [0.25, 0.3) is 11.1 Å². The first kappa shape index (κ1) is 11.3. The molecule has 1 saturated carbocycles. The Labute approximate surface area is 112 Å². The normalized spacial score (nSPS) is 24.2. The molecule has 1 aromatic carbocycles. The summed E-state index contributed by atoms with van der Waals surface area (Å²) in [4.78, 5) is 6.97. The first-order chi connectivity index (χ1) is 9.28. The molecule has 19 heavy (non-hydrogen) atoms. The predicted molar refractivity (Wildman–Crippen MR) is 75.5 cm³/mol. The summed E-state index contributed by atoms with van der Waals surface area (Å²) in [5, 5.41) is 3.59. The highest BCUT2D eigenvalue weighted by Gasteiger charge is 2.29. The summed E-state index contributed by atoms with van der Waals surface area (Å²) in [6, 6.07) is 6.80. The van der Waals surface area contributed by atoms with Gasteiger partial charge < -0.3 is 14.6 Å². The van der Waals surface area contributed by atoms with E-state index in [-0.39, 0.29) is 0 Å². The van der Waals surface area contributed by atoms with Crippen molar-refractivity contribution in [1.82, 2.24) is 9.88 Å². The molecule has 0 spiro atoms. The Morgan fingerprint density at radius 1 is 1.32 bits per heavy atom. The topological polar surface area (TPSA) is 41.3 Å². The number of likely N-dealkylation sites (tertiary alicyclic amines) is 1. The number of benzene rings is 1. The Kier molecular flexibility index (Phi) is 2.52. The summed E-state index contributed by atoms with van der Waals surface area (Å²) >= 11 is 0. The van der Waals surface area contributed by atoms with E-state index in [2.05, 4.69) is 34.4 Å². The second kappa shape index (κ2) is 4.23. The molecule has 1 saturated heterocycles. The molecule has 2 aromatic rings. The number of fused-ring (bicyclic) bond motifs is 1. The molecule has 2 heterocycles. The van der Waals surface area contributed by atoms with Gasteiger partial charge in [-0.05, 0) is 51.1 Å². The van der Waals surface area contributed by atoms with Crippen LogP contribution in [-0.4, -0.2) is 36.1 Å². The maximum absolute atomic E-state index is 5.79. The van der Waals surface area contributed by atoms with Gasteiger partial charge in [0.2, 0.25) is 0 Å². The lowest BCUT2D eigenvalue weighted by Gasteiger charge is -2.13. The van der Waals surface area contributed by atoms with Gasteiger partial charge in [0.25, 0.3) is 0 Å². The minimum atomic E-state index is 0.553. The third-order valence-corrected chi connectivity index (χ3v) is 4.09. The van der Waals surface area contributed by atoms with Crippen molar-refractivity contribution in [1.29, 1.82) is 0 Å². The Bertz CT molecular complexity index is 602. The van der Waals surface area contributed by atoms with Crippen LogP contribution in [-0.2, 0) is 0 Å². The first-order valence-electron chi connectivity index (χ1n) is 7.13. The second-order valence-electron chi connectivity index (χ2n) is 5.90. The molecule has 1 aliphatic heterocycles. The summed E-state index contributed by atoms with van der Waals surface area (Å²) in [6.07, 6.45) is 3.67. The molecule has 1 unspecified atom stereocenters. The molecule has 1 aliphatic carbocycles. The highest BCUT2D eigenvalue weighted by atomic mass is 16.3. The van der Waals surface area contributed by atoms with Gasteiger partial charge in [-0.25, -0.2) is 4.98 Å². The maximum atomic E-state index is 5.79. The molecule has 4 rings (SSSR count). The molecule has 0 radical (unpaired) electrons. The largest absolute Gasteiger partial charge is 0.440 e. The average Bonchev–Trinajstić information content (AvgIpc) is 3.04. The maximum Gasteiger partial charge on any atom is 0.198 e. The van der Waals surface area contributed by atoms with Crippen LogP contribution < -0.4 is 5.32 Å². The van der Waals surface area contributed by atoms with E-state index in [4.69, 9.17) is 4.42 Å². The van der Waals surface area contributed by atoms with Gasteiger partial charge in [0, 0.05) is 24.2 Å². The van der Waals surface area contributed by atoms with Crippen molar-refractivity contribution in [3.05, 3.63) is 24.1 Å². The van der Waals surface area contributed by atoms with E-state index in [9.17, 15) is 0 Å². The van der Waals surface area contributed by atoms with E-state index >= 15 is 0 Å². The van der Waals surface area contributed by atoms with Gasteiger partial charge in [-0.3, -0.25) is 0 Å². The quantitative estimate of drug-likeness (QED) is 0.918. The molecule has 2 fully saturated rings. The monoisotopic (exact) mass is 257 g/mol. The highest BCUT2D eigenvalue weighted by molar-refractivity contribution is 5.77. The number of rotatable bonds is 3. The van der Waals surface area contributed by atoms with Crippen molar-refractivity contribution in [3.8, 4) is 0 Å². The lowest BCUT2D eigenvalue weighted by atomic mass is 10.2. The van der Waals surface area contributed by atoms with Gasteiger partial charge in [-0.15, -0.1) is 0 Å². The van der Waals surface area contributed by atoms with Crippen LogP contribution >= 0.6 is 0 Å². The lowest BCUT2D eigenvalue weighted by Crippen LogP contribution is -2.23. The molecule has 0 amide bonds. The number of hydrogen-bond donors (Lipinski definition) is 1. The lowest BCUT2D eigenvalue weighted by molar-refractivity contribution is 0.414. The zero-order valence-electron chi connectivity index (χ0n) is 11.2. The number of oxazole rings is 1. The summed E-state index contributed by atoms with van der Waals surface area (Å²) in [7, 11) is 2.17. The number of likely N-dealkylation sites (N-methyl/N-ethyl adjacent to an activating group) is 1. The minimum absolute atomic E-state index is 0.553. The van der Waals surface area contributed by atoms with Crippen LogP contribution in [0.3, 0.4) is 0 Å².